The van der Waals surface area contributed by atoms with E-state index in [0.717, 1.165) is 42.5 Å². The van der Waals surface area contributed by atoms with Gasteiger partial charge in [0, 0.05) is 47.8 Å². The molecule has 0 spiro atoms. The Bertz CT molecular complexity index is 949. The Morgan fingerprint density at radius 1 is 1.07 bits per heavy atom. The standard InChI is InChI=1S/C25H31ClN4/c1-2-3-14-27-21-12-15-30(16-13-21)24-17-25(29-23-7-5-4-6-22(23)24)28-18-19-8-10-20(26)11-9-19/h4-11,17,21,27H,2-3,12-16,18H2,1H3,(H,28,29). The highest BCUT2D eigenvalue weighted by Crippen LogP contribution is 2.31. The fraction of sp³-hybridized carbons (Fsp3) is 0.400. The Balaban J connectivity index is 1.49. The van der Waals surface area contributed by atoms with Gasteiger partial charge in [0.1, 0.15) is 5.82 Å². The van der Waals surface area contributed by atoms with E-state index in [1.165, 1.54) is 42.3 Å². The monoisotopic (exact) mass is 422 g/mol. The van der Waals surface area contributed by atoms with Crippen molar-refractivity contribution >= 4 is 34.0 Å². The Morgan fingerprint density at radius 2 is 1.83 bits per heavy atom. The van der Waals surface area contributed by atoms with Crippen molar-refractivity contribution in [2.75, 3.05) is 29.9 Å². The first-order valence-electron chi connectivity index (χ1n) is 11.1. The number of rotatable bonds is 8. The second-order valence-corrected chi connectivity index (χ2v) is 8.53. The summed E-state index contributed by atoms with van der Waals surface area (Å²) in [6.07, 6.45) is 4.89. The number of fused-ring (bicyclic) bond motifs is 1. The number of aromatic nitrogens is 1. The summed E-state index contributed by atoms with van der Waals surface area (Å²) < 4.78 is 0. The molecule has 2 heterocycles. The molecule has 1 aromatic heterocycles. The summed E-state index contributed by atoms with van der Waals surface area (Å²) in [5, 5.41) is 9.22. The van der Waals surface area contributed by atoms with Crippen LogP contribution in [0.3, 0.4) is 0 Å². The minimum atomic E-state index is 0.642. The molecule has 0 amide bonds. The van der Waals surface area contributed by atoms with Gasteiger partial charge < -0.3 is 15.5 Å². The van der Waals surface area contributed by atoms with Crippen LogP contribution in [0.15, 0.2) is 54.6 Å². The second-order valence-electron chi connectivity index (χ2n) is 8.09. The van der Waals surface area contributed by atoms with Crippen LogP contribution >= 0.6 is 11.6 Å². The summed E-state index contributed by atoms with van der Waals surface area (Å²) in [6, 6.07) is 19.3. The molecule has 1 saturated heterocycles. The number of hydrogen-bond acceptors (Lipinski definition) is 4. The van der Waals surface area contributed by atoms with Crippen LogP contribution in [0.25, 0.3) is 10.9 Å². The first kappa shape index (κ1) is 21.0. The Kier molecular flexibility index (Phi) is 7.08. The van der Waals surface area contributed by atoms with Crippen molar-refractivity contribution in [2.24, 2.45) is 0 Å². The van der Waals surface area contributed by atoms with Gasteiger partial charge in [-0.15, -0.1) is 0 Å². The SMILES string of the molecule is CCCCNC1CCN(c2cc(NCc3ccc(Cl)cc3)nc3ccccc23)CC1. The third-order valence-electron chi connectivity index (χ3n) is 5.88. The maximum Gasteiger partial charge on any atom is 0.129 e. The first-order chi connectivity index (χ1) is 14.7. The van der Waals surface area contributed by atoms with Crippen LogP contribution in [0.2, 0.25) is 5.02 Å². The van der Waals surface area contributed by atoms with Crippen LogP contribution in [0.5, 0.6) is 0 Å². The molecule has 4 rings (SSSR count). The number of piperidine rings is 1. The van der Waals surface area contributed by atoms with Crippen LogP contribution in [0.1, 0.15) is 38.2 Å². The lowest BCUT2D eigenvalue weighted by Gasteiger charge is -2.35. The average molecular weight is 423 g/mol. The number of pyridine rings is 1. The number of unbranched alkanes of at least 4 members (excludes halogenated alkanes) is 1. The van der Waals surface area contributed by atoms with E-state index in [9.17, 15) is 0 Å². The maximum absolute atomic E-state index is 6.00. The molecule has 2 N–H and O–H groups in total. The highest BCUT2D eigenvalue weighted by Gasteiger charge is 2.21. The number of anilines is 2. The van der Waals surface area contributed by atoms with Crippen molar-refractivity contribution in [2.45, 2.75) is 45.2 Å². The Labute approximate surface area is 184 Å². The Morgan fingerprint density at radius 3 is 2.60 bits per heavy atom. The number of halogens is 1. The van der Waals surface area contributed by atoms with Crippen molar-refractivity contribution in [3.8, 4) is 0 Å². The minimum Gasteiger partial charge on any atom is -0.371 e. The summed E-state index contributed by atoms with van der Waals surface area (Å²) in [7, 11) is 0. The van der Waals surface area contributed by atoms with Gasteiger partial charge in [0.05, 0.1) is 5.52 Å². The van der Waals surface area contributed by atoms with Crippen LogP contribution < -0.4 is 15.5 Å². The van der Waals surface area contributed by atoms with E-state index in [-0.39, 0.29) is 0 Å². The van der Waals surface area contributed by atoms with Crippen molar-refractivity contribution in [3.05, 3.63) is 65.2 Å². The molecule has 1 fully saturated rings. The lowest BCUT2D eigenvalue weighted by molar-refractivity contribution is 0.412. The predicted octanol–water partition coefficient (Wildman–Crippen LogP) is 5.86. The summed E-state index contributed by atoms with van der Waals surface area (Å²) in [5.41, 5.74) is 3.51. The fourth-order valence-electron chi connectivity index (χ4n) is 4.11. The van der Waals surface area contributed by atoms with Crippen molar-refractivity contribution < 1.29 is 0 Å². The van der Waals surface area contributed by atoms with E-state index in [1.54, 1.807) is 0 Å². The molecule has 1 aliphatic heterocycles. The van der Waals surface area contributed by atoms with E-state index in [4.69, 9.17) is 16.6 Å². The molecule has 4 nitrogen and oxygen atoms in total. The van der Waals surface area contributed by atoms with Gasteiger partial charge in [0.15, 0.2) is 0 Å². The third-order valence-corrected chi connectivity index (χ3v) is 6.13. The van der Waals surface area contributed by atoms with Crippen LogP contribution in [-0.4, -0.2) is 30.7 Å². The van der Waals surface area contributed by atoms with E-state index >= 15 is 0 Å². The minimum absolute atomic E-state index is 0.642. The topological polar surface area (TPSA) is 40.2 Å². The lowest BCUT2D eigenvalue weighted by atomic mass is 10.0. The van der Waals surface area contributed by atoms with Gasteiger partial charge in [0.25, 0.3) is 0 Å². The molecule has 2 aromatic carbocycles. The maximum atomic E-state index is 6.00. The van der Waals surface area contributed by atoms with E-state index in [1.807, 2.05) is 24.3 Å². The van der Waals surface area contributed by atoms with Gasteiger partial charge in [0.2, 0.25) is 0 Å². The van der Waals surface area contributed by atoms with Gasteiger partial charge in [-0.3, -0.25) is 0 Å². The normalized spacial score (nSPS) is 14.9. The molecule has 158 valence electrons. The predicted molar refractivity (Wildman–Crippen MR) is 129 cm³/mol. The zero-order valence-electron chi connectivity index (χ0n) is 17.7. The molecule has 1 aliphatic rings. The van der Waals surface area contributed by atoms with Crippen LogP contribution in [0, 0.1) is 0 Å². The summed E-state index contributed by atoms with van der Waals surface area (Å²) in [6.45, 7) is 6.27. The number of para-hydroxylation sites is 1. The summed E-state index contributed by atoms with van der Waals surface area (Å²) in [4.78, 5) is 7.38. The number of hydrogen-bond donors (Lipinski definition) is 2. The lowest BCUT2D eigenvalue weighted by Crippen LogP contribution is -2.42. The Hall–Kier alpha value is -2.30. The van der Waals surface area contributed by atoms with Gasteiger partial charge in [-0.25, -0.2) is 4.98 Å². The zero-order valence-corrected chi connectivity index (χ0v) is 18.5. The smallest absolute Gasteiger partial charge is 0.129 e. The molecule has 0 aliphatic carbocycles. The van der Waals surface area contributed by atoms with Crippen molar-refractivity contribution in [3.63, 3.8) is 0 Å². The van der Waals surface area contributed by atoms with Gasteiger partial charge >= 0.3 is 0 Å². The van der Waals surface area contributed by atoms with Gasteiger partial charge in [-0.05, 0) is 49.6 Å². The number of nitrogens with one attached hydrogen (secondary N) is 2. The van der Waals surface area contributed by atoms with Crippen molar-refractivity contribution in [1.29, 1.82) is 0 Å². The average Bonchev–Trinajstić information content (AvgIpc) is 2.79. The summed E-state index contributed by atoms with van der Waals surface area (Å²) >= 11 is 6.00. The largest absolute Gasteiger partial charge is 0.371 e. The number of nitrogens with zero attached hydrogens (tertiary/aromatic N) is 2. The molecule has 0 atom stereocenters. The molecule has 5 heteroatoms. The molecule has 30 heavy (non-hydrogen) atoms. The van der Waals surface area contributed by atoms with E-state index in [2.05, 4.69) is 52.8 Å². The fourth-order valence-corrected chi connectivity index (χ4v) is 4.24. The van der Waals surface area contributed by atoms with Gasteiger partial charge in [-0.1, -0.05) is 55.3 Å². The quantitative estimate of drug-likeness (QED) is 0.446. The van der Waals surface area contributed by atoms with Crippen LogP contribution in [-0.2, 0) is 6.54 Å². The molecule has 0 radical (unpaired) electrons. The molecule has 0 bridgehead atoms. The highest BCUT2D eigenvalue weighted by molar-refractivity contribution is 6.30. The van der Waals surface area contributed by atoms with Crippen LogP contribution in [0.4, 0.5) is 11.5 Å². The third kappa shape index (κ3) is 5.24. The van der Waals surface area contributed by atoms with Crippen molar-refractivity contribution in [1.82, 2.24) is 10.3 Å². The van der Waals surface area contributed by atoms with E-state index in [0.29, 0.717) is 6.04 Å². The highest BCUT2D eigenvalue weighted by atomic mass is 35.5. The zero-order chi connectivity index (χ0) is 20.8. The molecular weight excluding hydrogens is 392 g/mol. The van der Waals surface area contributed by atoms with Gasteiger partial charge in [-0.2, -0.15) is 0 Å². The second kappa shape index (κ2) is 10.1. The number of benzene rings is 2. The molecular formula is C25H31ClN4. The first-order valence-corrected chi connectivity index (χ1v) is 11.5. The molecule has 0 unspecified atom stereocenters. The summed E-state index contributed by atoms with van der Waals surface area (Å²) in [5.74, 6) is 0.918. The molecule has 3 aromatic rings. The van der Waals surface area contributed by atoms with E-state index < -0.39 is 0 Å². The molecule has 0 saturated carbocycles.